The highest BCUT2D eigenvalue weighted by molar-refractivity contribution is 5.96. The third-order valence-corrected chi connectivity index (χ3v) is 2.59. The first-order chi connectivity index (χ1) is 7.87. The highest BCUT2D eigenvalue weighted by Gasteiger charge is 2.20. The number of hydrogen-bond acceptors (Lipinski definition) is 4. The third kappa shape index (κ3) is 3.44. The number of benzene rings is 1. The topological polar surface area (TPSA) is 95.6 Å². The molecule has 1 rings (SSSR count). The Labute approximate surface area is 100 Å². The van der Waals surface area contributed by atoms with Crippen molar-refractivity contribution in [3.8, 4) is 0 Å². The SMILES string of the molecule is Cc1c(N)cccc1C(=O)NCC(C)(O)CO. The van der Waals surface area contributed by atoms with E-state index in [9.17, 15) is 9.90 Å². The molecule has 94 valence electrons. The van der Waals surface area contributed by atoms with Crippen LogP contribution >= 0.6 is 0 Å². The van der Waals surface area contributed by atoms with Gasteiger partial charge in [-0.15, -0.1) is 0 Å². The Bertz CT molecular complexity index is 416. The lowest BCUT2D eigenvalue weighted by Gasteiger charge is -2.21. The van der Waals surface area contributed by atoms with Gasteiger partial charge in [-0.1, -0.05) is 6.07 Å². The molecule has 17 heavy (non-hydrogen) atoms. The van der Waals surface area contributed by atoms with Crippen LogP contribution in [0.2, 0.25) is 0 Å². The van der Waals surface area contributed by atoms with Crippen molar-refractivity contribution in [1.82, 2.24) is 5.32 Å². The smallest absolute Gasteiger partial charge is 0.251 e. The van der Waals surface area contributed by atoms with Crippen molar-refractivity contribution in [3.05, 3.63) is 29.3 Å². The zero-order valence-electron chi connectivity index (χ0n) is 10.0. The molecule has 1 aromatic rings. The van der Waals surface area contributed by atoms with Crippen molar-refractivity contribution < 1.29 is 15.0 Å². The van der Waals surface area contributed by atoms with Gasteiger partial charge in [0.05, 0.1) is 6.61 Å². The van der Waals surface area contributed by atoms with Gasteiger partial charge in [-0.3, -0.25) is 4.79 Å². The molecule has 5 N–H and O–H groups in total. The first kappa shape index (κ1) is 13.5. The van der Waals surface area contributed by atoms with Crippen LogP contribution in [0.15, 0.2) is 18.2 Å². The van der Waals surface area contributed by atoms with Crippen molar-refractivity contribution in [3.63, 3.8) is 0 Å². The Morgan fingerprint density at radius 3 is 2.76 bits per heavy atom. The number of aliphatic hydroxyl groups excluding tert-OH is 1. The Kier molecular flexibility index (Phi) is 4.09. The van der Waals surface area contributed by atoms with Gasteiger partial charge in [-0.05, 0) is 31.5 Å². The fourth-order valence-corrected chi connectivity index (χ4v) is 1.32. The second-order valence-electron chi connectivity index (χ2n) is 4.36. The summed E-state index contributed by atoms with van der Waals surface area (Å²) in [5.74, 6) is -0.316. The van der Waals surface area contributed by atoms with Gasteiger partial charge in [0.15, 0.2) is 0 Å². The Balaban J connectivity index is 2.74. The summed E-state index contributed by atoms with van der Waals surface area (Å²) in [6, 6.07) is 5.08. The lowest BCUT2D eigenvalue weighted by molar-refractivity contribution is 0.00319. The third-order valence-electron chi connectivity index (χ3n) is 2.59. The number of anilines is 1. The fourth-order valence-electron chi connectivity index (χ4n) is 1.32. The number of nitrogens with one attached hydrogen (secondary N) is 1. The van der Waals surface area contributed by atoms with Crippen molar-refractivity contribution in [1.29, 1.82) is 0 Å². The highest BCUT2D eigenvalue weighted by Crippen LogP contribution is 2.15. The molecule has 0 bridgehead atoms. The van der Waals surface area contributed by atoms with Gasteiger partial charge in [0.1, 0.15) is 5.60 Å². The molecule has 1 atom stereocenters. The largest absolute Gasteiger partial charge is 0.398 e. The van der Waals surface area contributed by atoms with Gasteiger partial charge in [-0.2, -0.15) is 0 Å². The fraction of sp³-hybridized carbons (Fsp3) is 0.417. The molecule has 5 nitrogen and oxygen atoms in total. The van der Waals surface area contributed by atoms with Crippen molar-refractivity contribution in [2.45, 2.75) is 19.4 Å². The van der Waals surface area contributed by atoms with Crippen LogP contribution in [-0.2, 0) is 0 Å². The zero-order valence-corrected chi connectivity index (χ0v) is 10.0. The molecule has 0 aliphatic rings. The lowest BCUT2D eigenvalue weighted by atomic mass is 10.1. The molecule has 0 spiro atoms. The van der Waals surface area contributed by atoms with Crippen LogP contribution in [-0.4, -0.2) is 34.9 Å². The summed E-state index contributed by atoms with van der Waals surface area (Å²) in [4.78, 5) is 11.8. The number of rotatable bonds is 4. The second kappa shape index (κ2) is 5.16. The van der Waals surface area contributed by atoms with Crippen LogP contribution in [0.3, 0.4) is 0 Å². The molecule has 0 saturated heterocycles. The quantitative estimate of drug-likeness (QED) is 0.557. The number of nitrogen functional groups attached to an aromatic ring is 1. The summed E-state index contributed by atoms with van der Waals surface area (Å²) < 4.78 is 0. The summed E-state index contributed by atoms with van der Waals surface area (Å²) in [7, 11) is 0. The van der Waals surface area contributed by atoms with Crippen LogP contribution in [0, 0.1) is 6.92 Å². The van der Waals surface area contributed by atoms with Gasteiger partial charge in [0, 0.05) is 17.8 Å². The normalized spacial score (nSPS) is 14.1. The predicted molar refractivity (Wildman–Crippen MR) is 65.6 cm³/mol. The molecule has 1 aromatic carbocycles. The molecule has 1 amide bonds. The lowest BCUT2D eigenvalue weighted by Crippen LogP contribution is -2.43. The molecule has 0 heterocycles. The predicted octanol–water partition coefficient (Wildman–Crippen LogP) is 0.0503. The monoisotopic (exact) mass is 238 g/mol. The number of aliphatic hydroxyl groups is 2. The molecular formula is C12H18N2O3. The summed E-state index contributed by atoms with van der Waals surface area (Å²) in [5.41, 5.74) is 6.10. The van der Waals surface area contributed by atoms with Gasteiger partial charge >= 0.3 is 0 Å². The van der Waals surface area contributed by atoms with E-state index in [1.165, 1.54) is 6.92 Å². The van der Waals surface area contributed by atoms with E-state index in [-0.39, 0.29) is 12.5 Å². The van der Waals surface area contributed by atoms with Crippen LogP contribution in [0.1, 0.15) is 22.8 Å². The maximum Gasteiger partial charge on any atom is 0.251 e. The van der Waals surface area contributed by atoms with E-state index in [0.29, 0.717) is 16.8 Å². The molecule has 0 aliphatic heterocycles. The molecule has 0 fully saturated rings. The molecule has 0 radical (unpaired) electrons. The Morgan fingerprint density at radius 2 is 2.18 bits per heavy atom. The van der Waals surface area contributed by atoms with E-state index in [0.717, 1.165) is 0 Å². The van der Waals surface area contributed by atoms with E-state index < -0.39 is 12.2 Å². The van der Waals surface area contributed by atoms with E-state index >= 15 is 0 Å². The van der Waals surface area contributed by atoms with Crippen LogP contribution in [0.25, 0.3) is 0 Å². The van der Waals surface area contributed by atoms with Crippen LogP contribution in [0.5, 0.6) is 0 Å². The molecule has 5 heteroatoms. The van der Waals surface area contributed by atoms with Crippen molar-refractivity contribution in [2.24, 2.45) is 0 Å². The molecule has 0 aliphatic carbocycles. The molecule has 0 aromatic heterocycles. The maximum atomic E-state index is 11.8. The van der Waals surface area contributed by atoms with Crippen LogP contribution in [0.4, 0.5) is 5.69 Å². The van der Waals surface area contributed by atoms with E-state index in [1.54, 1.807) is 25.1 Å². The summed E-state index contributed by atoms with van der Waals surface area (Å²) >= 11 is 0. The minimum absolute atomic E-state index is 0.0173. The Hall–Kier alpha value is -1.59. The van der Waals surface area contributed by atoms with Crippen LogP contribution < -0.4 is 11.1 Å². The molecule has 0 saturated carbocycles. The number of nitrogens with two attached hydrogens (primary N) is 1. The van der Waals surface area contributed by atoms with E-state index in [2.05, 4.69) is 5.32 Å². The summed E-state index contributed by atoms with van der Waals surface area (Å²) in [6.07, 6.45) is 0. The minimum atomic E-state index is -1.32. The van der Waals surface area contributed by atoms with Crippen molar-refractivity contribution in [2.75, 3.05) is 18.9 Å². The molecular weight excluding hydrogens is 220 g/mol. The van der Waals surface area contributed by atoms with Gasteiger partial charge in [0.25, 0.3) is 5.91 Å². The van der Waals surface area contributed by atoms with Gasteiger partial charge in [-0.25, -0.2) is 0 Å². The highest BCUT2D eigenvalue weighted by atomic mass is 16.3. The maximum absolute atomic E-state index is 11.8. The van der Waals surface area contributed by atoms with E-state index in [4.69, 9.17) is 10.8 Å². The number of carbonyl (C=O) groups excluding carboxylic acids is 1. The van der Waals surface area contributed by atoms with Crippen molar-refractivity contribution >= 4 is 11.6 Å². The van der Waals surface area contributed by atoms with Gasteiger partial charge < -0.3 is 21.3 Å². The van der Waals surface area contributed by atoms with Gasteiger partial charge in [0.2, 0.25) is 0 Å². The summed E-state index contributed by atoms with van der Waals surface area (Å²) in [5, 5.41) is 21.0. The first-order valence-electron chi connectivity index (χ1n) is 5.34. The minimum Gasteiger partial charge on any atom is -0.398 e. The number of amides is 1. The second-order valence-corrected chi connectivity index (χ2v) is 4.36. The molecule has 1 unspecified atom stereocenters. The number of hydrogen-bond donors (Lipinski definition) is 4. The van der Waals surface area contributed by atoms with E-state index in [1.807, 2.05) is 0 Å². The summed E-state index contributed by atoms with van der Waals surface area (Å²) in [6.45, 7) is 2.77. The zero-order chi connectivity index (χ0) is 13.1. The number of carbonyl (C=O) groups is 1. The Morgan fingerprint density at radius 1 is 1.53 bits per heavy atom. The first-order valence-corrected chi connectivity index (χ1v) is 5.34. The average molecular weight is 238 g/mol. The average Bonchev–Trinajstić information content (AvgIpc) is 2.30. The standard InChI is InChI=1S/C12H18N2O3/c1-8-9(4-3-5-10(8)13)11(16)14-6-12(2,17)7-15/h3-5,15,17H,6-7,13H2,1-2H3,(H,14,16).